The standard InChI is InChI=1S/C16H21NO3S/c1-10-3-4-11-12(8-21-13(11)7-10)14(18)17-9-16(15(19)20)5-2-6-16/h8,10H,2-7,9H2,1H3,(H,17,18)(H,19,20). The first kappa shape index (κ1) is 14.6. The van der Waals surface area contributed by atoms with Crippen molar-refractivity contribution < 1.29 is 14.7 Å². The molecule has 1 atom stereocenters. The molecule has 2 N–H and O–H groups in total. The van der Waals surface area contributed by atoms with E-state index in [1.54, 1.807) is 11.3 Å². The van der Waals surface area contributed by atoms with Gasteiger partial charge in [0, 0.05) is 16.8 Å². The highest BCUT2D eigenvalue weighted by Crippen LogP contribution is 2.40. The van der Waals surface area contributed by atoms with E-state index < -0.39 is 11.4 Å². The largest absolute Gasteiger partial charge is 0.481 e. The minimum Gasteiger partial charge on any atom is -0.481 e. The number of carbonyl (C=O) groups excluding carboxylic acids is 1. The third-order valence-electron chi connectivity index (χ3n) is 5.00. The molecule has 1 heterocycles. The molecule has 21 heavy (non-hydrogen) atoms. The van der Waals surface area contributed by atoms with Gasteiger partial charge in [-0.1, -0.05) is 13.3 Å². The van der Waals surface area contributed by atoms with Crippen LogP contribution >= 0.6 is 11.3 Å². The van der Waals surface area contributed by atoms with E-state index in [1.165, 1.54) is 10.4 Å². The molecule has 1 unspecified atom stereocenters. The number of carbonyl (C=O) groups is 2. The minimum atomic E-state index is -0.782. The van der Waals surface area contributed by atoms with Gasteiger partial charge in [-0.25, -0.2) is 0 Å². The molecule has 114 valence electrons. The summed E-state index contributed by atoms with van der Waals surface area (Å²) in [7, 11) is 0. The predicted molar refractivity (Wildman–Crippen MR) is 81.8 cm³/mol. The van der Waals surface area contributed by atoms with Crippen LogP contribution in [0.2, 0.25) is 0 Å². The molecule has 2 aliphatic rings. The molecule has 0 spiro atoms. The summed E-state index contributed by atoms with van der Waals surface area (Å²) in [4.78, 5) is 25.0. The Hall–Kier alpha value is -1.36. The van der Waals surface area contributed by atoms with E-state index in [9.17, 15) is 14.7 Å². The van der Waals surface area contributed by atoms with Crippen LogP contribution in [-0.2, 0) is 17.6 Å². The fourth-order valence-electron chi connectivity index (χ4n) is 3.28. The topological polar surface area (TPSA) is 66.4 Å². The molecular formula is C16H21NO3S. The highest BCUT2D eigenvalue weighted by atomic mass is 32.1. The Labute approximate surface area is 128 Å². The molecule has 1 fully saturated rings. The Balaban J connectivity index is 1.68. The maximum Gasteiger partial charge on any atom is 0.311 e. The lowest BCUT2D eigenvalue weighted by molar-refractivity contribution is -0.153. The number of amides is 1. The molecule has 1 saturated carbocycles. The predicted octanol–water partition coefficient (Wildman–Crippen LogP) is 2.86. The maximum atomic E-state index is 12.4. The number of thiophene rings is 1. The van der Waals surface area contributed by atoms with Gasteiger partial charge >= 0.3 is 5.97 Å². The van der Waals surface area contributed by atoms with Crippen molar-refractivity contribution in [3.63, 3.8) is 0 Å². The summed E-state index contributed by atoms with van der Waals surface area (Å²) in [6, 6.07) is 0. The van der Waals surface area contributed by atoms with Crippen molar-refractivity contribution in [3.8, 4) is 0 Å². The number of hydrogen-bond acceptors (Lipinski definition) is 3. The van der Waals surface area contributed by atoms with Crippen molar-refractivity contribution in [1.29, 1.82) is 0 Å². The number of fused-ring (bicyclic) bond motifs is 1. The van der Waals surface area contributed by atoms with Crippen LogP contribution in [0.1, 0.15) is 53.4 Å². The lowest BCUT2D eigenvalue weighted by Gasteiger charge is -2.37. The van der Waals surface area contributed by atoms with E-state index in [2.05, 4.69) is 12.2 Å². The number of carboxylic acids is 1. The summed E-state index contributed by atoms with van der Waals surface area (Å²) in [6.45, 7) is 2.50. The first-order valence-electron chi connectivity index (χ1n) is 7.63. The van der Waals surface area contributed by atoms with E-state index >= 15 is 0 Å². The van der Waals surface area contributed by atoms with Crippen LogP contribution in [0.25, 0.3) is 0 Å². The number of aliphatic carboxylic acids is 1. The second kappa shape index (κ2) is 5.44. The molecule has 4 nitrogen and oxygen atoms in total. The Morgan fingerprint density at radius 1 is 1.48 bits per heavy atom. The van der Waals surface area contributed by atoms with E-state index in [0.29, 0.717) is 18.8 Å². The van der Waals surface area contributed by atoms with Gasteiger partial charge in [-0.05, 0) is 43.6 Å². The van der Waals surface area contributed by atoms with Gasteiger partial charge in [0.05, 0.1) is 11.0 Å². The number of carboxylic acid groups (broad SMARTS) is 1. The third kappa shape index (κ3) is 2.59. The third-order valence-corrected chi connectivity index (χ3v) is 6.05. The molecule has 1 aromatic heterocycles. The molecule has 3 rings (SSSR count). The molecule has 0 aromatic carbocycles. The molecule has 0 bridgehead atoms. The molecule has 0 aliphatic heterocycles. The summed E-state index contributed by atoms with van der Waals surface area (Å²) >= 11 is 1.67. The van der Waals surface area contributed by atoms with E-state index in [4.69, 9.17) is 0 Å². The number of rotatable bonds is 4. The molecule has 2 aliphatic carbocycles. The lowest BCUT2D eigenvalue weighted by atomic mass is 9.69. The van der Waals surface area contributed by atoms with Crippen molar-refractivity contribution >= 4 is 23.2 Å². The normalized spacial score (nSPS) is 23.0. The zero-order valence-corrected chi connectivity index (χ0v) is 13.1. The van der Waals surface area contributed by atoms with Crippen LogP contribution in [0.4, 0.5) is 0 Å². The zero-order chi connectivity index (χ0) is 15.0. The lowest BCUT2D eigenvalue weighted by Crippen LogP contribution is -2.47. The smallest absolute Gasteiger partial charge is 0.311 e. The van der Waals surface area contributed by atoms with Gasteiger partial charge in [-0.3, -0.25) is 9.59 Å². The first-order valence-corrected chi connectivity index (χ1v) is 8.51. The van der Waals surface area contributed by atoms with Gasteiger partial charge < -0.3 is 10.4 Å². The highest BCUT2D eigenvalue weighted by Gasteiger charge is 2.44. The fourth-order valence-corrected chi connectivity index (χ4v) is 4.53. The van der Waals surface area contributed by atoms with Crippen LogP contribution in [0.5, 0.6) is 0 Å². The second-order valence-electron chi connectivity index (χ2n) is 6.52. The Morgan fingerprint density at radius 2 is 2.24 bits per heavy atom. The maximum absolute atomic E-state index is 12.4. The summed E-state index contributed by atoms with van der Waals surface area (Å²) in [6.07, 6.45) is 5.43. The molecule has 0 saturated heterocycles. The van der Waals surface area contributed by atoms with E-state index in [0.717, 1.165) is 31.2 Å². The molecule has 5 heteroatoms. The summed E-state index contributed by atoms with van der Waals surface area (Å²) in [5.74, 6) is -0.192. The Kier molecular flexibility index (Phi) is 3.78. The van der Waals surface area contributed by atoms with Gasteiger partial charge in [0.2, 0.25) is 0 Å². The quantitative estimate of drug-likeness (QED) is 0.899. The molecule has 1 amide bonds. The zero-order valence-electron chi connectivity index (χ0n) is 12.3. The van der Waals surface area contributed by atoms with Gasteiger partial charge in [0.15, 0.2) is 0 Å². The Bertz CT molecular complexity index is 574. The van der Waals surface area contributed by atoms with Crippen LogP contribution in [0, 0.1) is 11.3 Å². The fraction of sp³-hybridized carbons (Fsp3) is 0.625. The Morgan fingerprint density at radius 3 is 2.86 bits per heavy atom. The van der Waals surface area contributed by atoms with Crippen molar-refractivity contribution in [1.82, 2.24) is 5.32 Å². The van der Waals surface area contributed by atoms with Gasteiger partial charge in [0.1, 0.15) is 0 Å². The molecule has 1 aromatic rings. The first-order chi connectivity index (χ1) is 10.0. The second-order valence-corrected chi connectivity index (χ2v) is 7.48. The highest BCUT2D eigenvalue weighted by molar-refractivity contribution is 7.10. The SMILES string of the molecule is CC1CCc2c(C(=O)NCC3(C(=O)O)CCC3)csc2C1. The summed E-state index contributed by atoms with van der Waals surface area (Å²) in [5, 5.41) is 14.1. The average Bonchev–Trinajstić information content (AvgIpc) is 2.79. The summed E-state index contributed by atoms with van der Waals surface area (Å²) < 4.78 is 0. The number of nitrogens with one attached hydrogen (secondary N) is 1. The van der Waals surface area contributed by atoms with Crippen LogP contribution in [-0.4, -0.2) is 23.5 Å². The van der Waals surface area contributed by atoms with E-state index in [1.807, 2.05) is 5.38 Å². The summed E-state index contributed by atoms with van der Waals surface area (Å²) in [5.41, 5.74) is 1.23. The van der Waals surface area contributed by atoms with Gasteiger partial charge in [0.25, 0.3) is 5.91 Å². The molecule has 0 radical (unpaired) electrons. The molecular weight excluding hydrogens is 286 g/mol. The van der Waals surface area contributed by atoms with Crippen LogP contribution in [0.3, 0.4) is 0 Å². The van der Waals surface area contributed by atoms with Crippen LogP contribution in [0.15, 0.2) is 5.38 Å². The van der Waals surface area contributed by atoms with Gasteiger partial charge in [-0.2, -0.15) is 0 Å². The number of hydrogen-bond donors (Lipinski definition) is 2. The van der Waals surface area contributed by atoms with Crippen molar-refractivity contribution in [2.45, 2.75) is 45.4 Å². The van der Waals surface area contributed by atoms with Gasteiger partial charge in [-0.15, -0.1) is 11.3 Å². The van der Waals surface area contributed by atoms with E-state index in [-0.39, 0.29) is 12.5 Å². The van der Waals surface area contributed by atoms with Crippen LogP contribution < -0.4 is 5.32 Å². The minimum absolute atomic E-state index is 0.102. The monoisotopic (exact) mass is 307 g/mol. The van der Waals surface area contributed by atoms with Crippen molar-refractivity contribution in [2.75, 3.05) is 6.54 Å². The van der Waals surface area contributed by atoms with Crippen molar-refractivity contribution in [2.24, 2.45) is 11.3 Å². The van der Waals surface area contributed by atoms with Crippen molar-refractivity contribution in [3.05, 3.63) is 21.4 Å². The average molecular weight is 307 g/mol.